The molecule has 0 unspecified atom stereocenters. The van der Waals surface area contributed by atoms with Gasteiger partial charge >= 0.3 is 12.2 Å². The van der Waals surface area contributed by atoms with E-state index in [4.69, 9.17) is 9.47 Å². The minimum atomic E-state index is -0.484. The van der Waals surface area contributed by atoms with E-state index in [2.05, 4.69) is 39.9 Å². The molecule has 2 aromatic carbocycles. The van der Waals surface area contributed by atoms with E-state index in [1.165, 1.54) is 10.4 Å². The maximum Gasteiger partial charge on any atom is 0.407 e. The summed E-state index contributed by atoms with van der Waals surface area (Å²) < 4.78 is 10.5. The molecule has 0 atom stereocenters. The number of hydrogen-bond acceptors (Lipinski definition) is 6. The molecule has 1 heterocycles. The minimum Gasteiger partial charge on any atom is -0.445 e. The SMILES string of the molecule is CC(C)(C)OC(=O)NCCCc1cnc(-c2ccc(CCCCNC(=O)OCc3ccccc3)cc2)s1. The number of hydrogen-bond donors (Lipinski definition) is 2. The fourth-order valence-corrected chi connectivity index (χ4v) is 4.52. The number of rotatable bonds is 12. The van der Waals surface area contributed by atoms with Crippen LogP contribution in [-0.2, 0) is 28.9 Å². The number of thiazole rings is 1. The smallest absolute Gasteiger partial charge is 0.407 e. The molecule has 2 N–H and O–H groups in total. The van der Waals surface area contributed by atoms with Crippen LogP contribution in [0, 0.1) is 0 Å². The molecule has 0 aliphatic rings. The standard InChI is InChI=1S/C29H37N3O4S/c1-29(2,3)36-28(34)31-19-9-13-25-20-32-26(37-25)24-16-14-22(15-17-24)10-7-8-18-30-27(33)35-21-23-11-5-4-6-12-23/h4-6,11-12,14-17,20H,7-10,13,18-19,21H2,1-3H3,(H,30,33)(H,31,34). The third kappa shape index (κ3) is 11.0. The summed E-state index contributed by atoms with van der Waals surface area (Å²) in [5, 5.41) is 6.60. The van der Waals surface area contributed by atoms with Gasteiger partial charge in [0, 0.05) is 29.7 Å². The number of alkyl carbamates (subject to hydrolysis) is 2. The zero-order valence-corrected chi connectivity index (χ0v) is 22.7. The number of aryl methyl sites for hydroxylation is 2. The van der Waals surface area contributed by atoms with Crippen LogP contribution >= 0.6 is 11.3 Å². The lowest BCUT2D eigenvalue weighted by atomic mass is 10.1. The highest BCUT2D eigenvalue weighted by molar-refractivity contribution is 7.15. The maximum absolute atomic E-state index is 11.8. The highest BCUT2D eigenvalue weighted by Gasteiger charge is 2.15. The average Bonchev–Trinajstić information content (AvgIpc) is 3.34. The predicted molar refractivity (Wildman–Crippen MR) is 148 cm³/mol. The van der Waals surface area contributed by atoms with Crippen molar-refractivity contribution < 1.29 is 19.1 Å². The van der Waals surface area contributed by atoms with Crippen LogP contribution < -0.4 is 10.6 Å². The first-order valence-electron chi connectivity index (χ1n) is 12.7. The van der Waals surface area contributed by atoms with Crippen LogP contribution in [0.4, 0.5) is 9.59 Å². The number of unbranched alkanes of at least 4 members (excludes halogenated alkanes) is 1. The summed E-state index contributed by atoms with van der Waals surface area (Å²) in [5.41, 5.74) is 2.86. The number of amides is 2. The van der Waals surface area contributed by atoms with Crippen LogP contribution in [0.25, 0.3) is 10.6 Å². The van der Waals surface area contributed by atoms with Crippen molar-refractivity contribution in [2.24, 2.45) is 0 Å². The van der Waals surface area contributed by atoms with Gasteiger partial charge in [-0.3, -0.25) is 0 Å². The first-order chi connectivity index (χ1) is 17.8. The van der Waals surface area contributed by atoms with Crippen molar-refractivity contribution in [3.63, 3.8) is 0 Å². The van der Waals surface area contributed by atoms with Crippen LogP contribution in [0.2, 0.25) is 0 Å². The van der Waals surface area contributed by atoms with Gasteiger partial charge in [-0.25, -0.2) is 14.6 Å². The summed E-state index contributed by atoms with van der Waals surface area (Å²) >= 11 is 1.68. The largest absolute Gasteiger partial charge is 0.445 e. The Morgan fingerprint density at radius 2 is 1.54 bits per heavy atom. The van der Waals surface area contributed by atoms with Crippen LogP contribution in [0.3, 0.4) is 0 Å². The Hall–Kier alpha value is -3.39. The Bertz CT molecular complexity index is 1110. The van der Waals surface area contributed by atoms with Gasteiger partial charge in [-0.15, -0.1) is 11.3 Å². The van der Waals surface area contributed by atoms with E-state index in [1.54, 1.807) is 11.3 Å². The molecule has 2 amide bonds. The minimum absolute atomic E-state index is 0.283. The molecule has 3 aromatic rings. The third-order valence-corrected chi connectivity index (χ3v) is 6.50. The lowest BCUT2D eigenvalue weighted by molar-refractivity contribution is 0.0527. The lowest BCUT2D eigenvalue weighted by Gasteiger charge is -2.19. The molecule has 3 rings (SSSR count). The summed E-state index contributed by atoms with van der Waals surface area (Å²) in [4.78, 5) is 29.3. The lowest BCUT2D eigenvalue weighted by Crippen LogP contribution is -2.33. The van der Waals surface area contributed by atoms with Gasteiger partial charge in [0.25, 0.3) is 0 Å². The van der Waals surface area contributed by atoms with Crippen molar-refractivity contribution in [1.82, 2.24) is 15.6 Å². The molecule has 8 heteroatoms. The van der Waals surface area contributed by atoms with Gasteiger partial charge in [-0.2, -0.15) is 0 Å². The molecule has 0 fully saturated rings. The fraction of sp³-hybridized carbons (Fsp3) is 0.414. The molecule has 0 radical (unpaired) electrons. The van der Waals surface area contributed by atoms with Gasteiger partial charge < -0.3 is 20.1 Å². The first kappa shape index (κ1) is 28.2. The average molecular weight is 524 g/mol. The number of carbonyl (C=O) groups excluding carboxylic acids is 2. The zero-order valence-electron chi connectivity index (χ0n) is 21.9. The second kappa shape index (κ2) is 14.4. The number of nitrogens with zero attached hydrogens (tertiary/aromatic N) is 1. The van der Waals surface area contributed by atoms with E-state index < -0.39 is 5.60 Å². The third-order valence-electron chi connectivity index (χ3n) is 5.40. The summed E-state index contributed by atoms with van der Waals surface area (Å²) in [7, 11) is 0. The molecule has 198 valence electrons. The summed E-state index contributed by atoms with van der Waals surface area (Å²) in [5.74, 6) is 0. The van der Waals surface area contributed by atoms with Crippen LogP contribution in [0.5, 0.6) is 0 Å². The summed E-state index contributed by atoms with van der Waals surface area (Å²) in [6.45, 7) is 7.01. The van der Waals surface area contributed by atoms with Gasteiger partial charge in [-0.05, 0) is 64.0 Å². The van der Waals surface area contributed by atoms with E-state index in [1.807, 2.05) is 57.3 Å². The van der Waals surface area contributed by atoms with E-state index in [-0.39, 0.29) is 18.8 Å². The summed E-state index contributed by atoms with van der Waals surface area (Å²) in [6, 6.07) is 18.2. The molecule has 1 aromatic heterocycles. The van der Waals surface area contributed by atoms with E-state index >= 15 is 0 Å². The van der Waals surface area contributed by atoms with Gasteiger partial charge in [0.05, 0.1) is 0 Å². The molecule has 0 saturated carbocycles. The maximum atomic E-state index is 11.8. The molecular formula is C29H37N3O4S. The van der Waals surface area contributed by atoms with Crippen molar-refractivity contribution in [3.05, 3.63) is 76.8 Å². The number of ether oxygens (including phenoxy) is 2. The monoisotopic (exact) mass is 523 g/mol. The molecular weight excluding hydrogens is 486 g/mol. The Kier molecular flexibility index (Phi) is 11.0. The normalized spacial score (nSPS) is 11.1. The second-order valence-corrected chi connectivity index (χ2v) is 10.9. The highest BCUT2D eigenvalue weighted by Crippen LogP contribution is 2.26. The van der Waals surface area contributed by atoms with Crippen molar-refractivity contribution in [2.75, 3.05) is 13.1 Å². The quantitative estimate of drug-likeness (QED) is 0.264. The van der Waals surface area contributed by atoms with Crippen molar-refractivity contribution in [3.8, 4) is 10.6 Å². The molecule has 0 saturated heterocycles. The number of aromatic nitrogens is 1. The molecule has 37 heavy (non-hydrogen) atoms. The molecule has 0 spiro atoms. The van der Waals surface area contributed by atoms with Crippen molar-refractivity contribution in [2.45, 2.75) is 65.1 Å². The van der Waals surface area contributed by atoms with Crippen LogP contribution in [0.15, 0.2) is 60.8 Å². The predicted octanol–water partition coefficient (Wildman–Crippen LogP) is 6.52. The molecule has 0 aliphatic carbocycles. The zero-order chi connectivity index (χ0) is 26.5. The topological polar surface area (TPSA) is 89.5 Å². The number of carbonyl (C=O) groups is 2. The molecule has 7 nitrogen and oxygen atoms in total. The Morgan fingerprint density at radius 1 is 0.838 bits per heavy atom. The first-order valence-corrected chi connectivity index (χ1v) is 13.6. The Morgan fingerprint density at radius 3 is 2.27 bits per heavy atom. The van der Waals surface area contributed by atoms with Crippen molar-refractivity contribution >= 4 is 23.5 Å². The van der Waals surface area contributed by atoms with Crippen LogP contribution in [0.1, 0.15) is 56.0 Å². The Balaban J connectivity index is 1.30. The van der Waals surface area contributed by atoms with E-state index in [0.717, 1.165) is 48.2 Å². The summed E-state index contributed by atoms with van der Waals surface area (Å²) in [6.07, 6.45) is 5.68. The van der Waals surface area contributed by atoms with Gasteiger partial charge in [-0.1, -0.05) is 54.6 Å². The highest BCUT2D eigenvalue weighted by atomic mass is 32.1. The van der Waals surface area contributed by atoms with Gasteiger partial charge in [0.2, 0.25) is 0 Å². The Labute approximate surface area is 223 Å². The molecule has 0 aliphatic heterocycles. The molecule has 0 bridgehead atoms. The fourth-order valence-electron chi connectivity index (χ4n) is 3.56. The van der Waals surface area contributed by atoms with Crippen molar-refractivity contribution in [1.29, 1.82) is 0 Å². The van der Waals surface area contributed by atoms with Gasteiger partial charge in [0.15, 0.2) is 0 Å². The van der Waals surface area contributed by atoms with E-state index in [0.29, 0.717) is 13.1 Å². The van der Waals surface area contributed by atoms with Crippen LogP contribution in [-0.4, -0.2) is 35.9 Å². The number of benzene rings is 2. The second-order valence-electron chi connectivity index (χ2n) is 9.81. The van der Waals surface area contributed by atoms with Gasteiger partial charge in [0.1, 0.15) is 17.2 Å². The number of nitrogens with one attached hydrogen (secondary N) is 2. The van der Waals surface area contributed by atoms with E-state index in [9.17, 15) is 9.59 Å².